The zero-order valence-corrected chi connectivity index (χ0v) is 14.4. The fraction of sp³-hybridized carbons (Fsp3) is 0.400. The van der Waals surface area contributed by atoms with Crippen molar-refractivity contribution in [1.82, 2.24) is 0 Å². The molecule has 0 aliphatic heterocycles. The van der Waals surface area contributed by atoms with E-state index < -0.39 is 11.6 Å². The first-order chi connectivity index (χ1) is 11.4. The molecule has 0 atom stereocenters. The smallest absolute Gasteiger partial charge is 0.288 e. The van der Waals surface area contributed by atoms with E-state index in [2.05, 4.69) is 19.9 Å². The minimum absolute atomic E-state index is 0.0169. The Morgan fingerprint density at radius 3 is 2.54 bits per heavy atom. The zero-order valence-electron chi connectivity index (χ0n) is 14.4. The van der Waals surface area contributed by atoms with Gasteiger partial charge in [0.05, 0.1) is 12.7 Å². The average Bonchev–Trinajstić information content (AvgIpc) is 2.88. The van der Waals surface area contributed by atoms with Crippen molar-refractivity contribution in [2.24, 2.45) is 0 Å². The lowest BCUT2D eigenvalue weighted by Crippen LogP contribution is -2.29. The van der Waals surface area contributed by atoms with Crippen LogP contribution in [-0.2, 0) is 11.8 Å². The number of methoxy groups -OCH3 is 1. The van der Waals surface area contributed by atoms with E-state index in [1.165, 1.54) is 12.7 Å². The first kappa shape index (κ1) is 15.2. The molecule has 2 aliphatic carbocycles. The zero-order chi connectivity index (χ0) is 17.2. The van der Waals surface area contributed by atoms with E-state index in [1.54, 1.807) is 6.92 Å². The summed E-state index contributed by atoms with van der Waals surface area (Å²) < 4.78 is 11.0. The molecular formula is C20H20O4. The van der Waals surface area contributed by atoms with Crippen LogP contribution in [0.15, 0.2) is 16.5 Å². The Labute approximate surface area is 140 Å². The molecule has 0 fully saturated rings. The van der Waals surface area contributed by atoms with Gasteiger partial charge in [0.15, 0.2) is 5.76 Å². The summed E-state index contributed by atoms with van der Waals surface area (Å²) in [7, 11) is 1.50. The number of furan rings is 1. The van der Waals surface area contributed by atoms with E-state index in [0.717, 1.165) is 30.4 Å². The van der Waals surface area contributed by atoms with Gasteiger partial charge in [0.2, 0.25) is 11.6 Å². The highest BCUT2D eigenvalue weighted by Crippen LogP contribution is 2.46. The second kappa shape index (κ2) is 4.82. The summed E-state index contributed by atoms with van der Waals surface area (Å²) in [6.07, 6.45) is 2.93. The first-order valence-electron chi connectivity index (χ1n) is 8.30. The summed E-state index contributed by atoms with van der Waals surface area (Å²) in [6.45, 7) is 6.13. The molecule has 2 aromatic rings. The van der Waals surface area contributed by atoms with Gasteiger partial charge >= 0.3 is 0 Å². The number of rotatable bonds is 1. The molecule has 4 heteroatoms. The number of carbonyl (C=O) groups is 2. The molecule has 0 unspecified atom stereocenters. The van der Waals surface area contributed by atoms with Gasteiger partial charge in [-0.25, -0.2) is 0 Å². The van der Waals surface area contributed by atoms with Gasteiger partial charge in [0.1, 0.15) is 0 Å². The lowest BCUT2D eigenvalue weighted by atomic mass is 9.69. The van der Waals surface area contributed by atoms with Crippen LogP contribution in [0.3, 0.4) is 0 Å². The number of fused-ring (bicyclic) bond motifs is 5. The van der Waals surface area contributed by atoms with Gasteiger partial charge in [-0.3, -0.25) is 9.59 Å². The molecule has 0 saturated heterocycles. The topological polar surface area (TPSA) is 56.5 Å². The van der Waals surface area contributed by atoms with Crippen LogP contribution < -0.4 is 4.74 Å². The van der Waals surface area contributed by atoms with Crippen molar-refractivity contribution >= 4 is 11.6 Å². The highest BCUT2D eigenvalue weighted by atomic mass is 16.6. The van der Waals surface area contributed by atoms with Crippen LogP contribution in [-0.4, -0.2) is 18.7 Å². The van der Waals surface area contributed by atoms with Crippen molar-refractivity contribution in [2.45, 2.75) is 45.4 Å². The van der Waals surface area contributed by atoms with Gasteiger partial charge in [0, 0.05) is 16.7 Å². The van der Waals surface area contributed by atoms with Crippen molar-refractivity contribution < 1.29 is 18.7 Å². The minimum Gasteiger partial charge on any atom is -0.468 e. The first-order valence-corrected chi connectivity index (χ1v) is 8.30. The normalized spacial score (nSPS) is 18.0. The molecule has 0 saturated carbocycles. The molecule has 0 spiro atoms. The summed E-state index contributed by atoms with van der Waals surface area (Å²) in [5.41, 5.74) is 4.40. The number of carbonyl (C=O) groups excluding carboxylic acids is 2. The van der Waals surface area contributed by atoms with Gasteiger partial charge in [-0.2, -0.15) is 0 Å². The van der Waals surface area contributed by atoms with E-state index >= 15 is 0 Å². The number of ketones is 2. The third-order valence-corrected chi connectivity index (χ3v) is 5.46. The molecule has 1 aromatic carbocycles. The van der Waals surface area contributed by atoms with Crippen LogP contribution in [0.25, 0.3) is 11.3 Å². The molecule has 1 aromatic heterocycles. The van der Waals surface area contributed by atoms with Crippen LogP contribution in [0.4, 0.5) is 0 Å². The van der Waals surface area contributed by atoms with Gasteiger partial charge in [-0.15, -0.1) is 0 Å². The molecular weight excluding hydrogens is 304 g/mol. The lowest BCUT2D eigenvalue weighted by molar-refractivity contribution is 0.0813. The molecule has 0 radical (unpaired) electrons. The van der Waals surface area contributed by atoms with Crippen LogP contribution in [0.5, 0.6) is 5.95 Å². The Morgan fingerprint density at radius 1 is 1.12 bits per heavy atom. The maximum atomic E-state index is 12.9. The Hall–Kier alpha value is -2.36. The maximum absolute atomic E-state index is 12.9. The number of ether oxygens (including phenoxy) is 1. The summed E-state index contributed by atoms with van der Waals surface area (Å²) in [6, 6.07) is 4.01. The summed E-state index contributed by atoms with van der Waals surface area (Å²) in [4.78, 5) is 25.6. The van der Waals surface area contributed by atoms with Crippen LogP contribution >= 0.6 is 0 Å². The van der Waals surface area contributed by atoms with Crippen molar-refractivity contribution in [3.05, 3.63) is 39.9 Å². The van der Waals surface area contributed by atoms with E-state index in [0.29, 0.717) is 28.4 Å². The predicted molar refractivity (Wildman–Crippen MR) is 90.1 cm³/mol. The van der Waals surface area contributed by atoms with Crippen LogP contribution in [0.1, 0.15) is 64.1 Å². The quantitative estimate of drug-likeness (QED) is 0.736. The summed E-state index contributed by atoms with van der Waals surface area (Å²) >= 11 is 0. The van der Waals surface area contributed by atoms with Gasteiger partial charge in [0.25, 0.3) is 5.95 Å². The Bertz CT molecular complexity index is 899. The molecule has 0 amide bonds. The molecule has 4 nitrogen and oxygen atoms in total. The monoisotopic (exact) mass is 324 g/mol. The number of benzene rings is 1. The highest BCUT2D eigenvalue weighted by Gasteiger charge is 2.40. The summed E-state index contributed by atoms with van der Waals surface area (Å²) in [5, 5.41) is 0. The van der Waals surface area contributed by atoms with Crippen molar-refractivity contribution in [3.8, 4) is 17.3 Å². The van der Waals surface area contributed by atoms with Gasteiger partial charge < -0.3 is 9.15 Å². The molecule has 24 heavy (non-hydrogen) atoms. The molecule has 2 aliphatic rings. The minimum atomic E-state index is -0.487. The predicted octanol–water partition coefficient (Wildman–Crippen LogP) is 4.26. The Kier molecular flexibility index (Phi) is 3.05. The van der Waals surface area contributed by atoms with E-state index in [4.69, 9.17) is 9.15 Å². The lowest BCUT2D eigenvalue weighted by Gasteiger charge is -2.34. The molecule has 124 valence electrons. The third kappa shape index (κ3) is 1.80. The van der Waals surface area contributed by atoms with Gasteiger partial charge in [-0.1, -0.05) is 26.0 Å². The van der Waals surface area contributed by atoms with Crippen molar-refractivity contribution in [2.75, 3.05) is 7.11 Å². The number of hydrogen-bond donors (Lipinski definition) is 0. The van der Waals surface area contributed by atoms with Crippen molar-refractivity contribution in [3.63, 3.8) is 0 Å². The van der Waals surface area contributed by atoms with E-state index in [-0.39, 0.29) is 5.41 Å². The molecule has 4 rings (SSSR count). The van der Waals surface area contributed by atoms with E-state index in [1.807, 2.05) is 6.07 Å². The largest absolute Gasteiger partial charge is 0.468 e. The summed E-state index contributed by atoms with van der Waals surface area (Å²) in [5.74, 6) is -0.139. The fourth-order valence-corrected chi connectivity index (χ4v) is 4.21. The Balaban J connectivity index is 2.06. The maximum Gasteiger partial charge on any atom is 0.288 e. The third-order valence-electron chi connectivity index (χ3n) is 5.46. The molecule has 0 bridgehead atoms. The Morgan fingerprint density at radius 2 is 1.83 bits per heavy atom. The van der Waals surface area contributed by atoms with Gasteiger partial charge in [-0.05, 0) is 42.7 Å². The van der Waals surface area contributed by atoms with Crippen molar-refractivity contribution in [1.29, 1.82) is 0 Å². The highest BCUT2D eigenvalue weighted by molar-refractivity contribution is 6.53. The fourth-order valence-electron chi connectivity index (χ4n) is 4.21. The molecule has 0 N–H and O–H groups in total. The second-order valence-corrected chi connectivity index (χ2v) is 7.33. The molecule has 1 heterocycles. The number of Topliss-reactive ketones (excluding diaryl/α,β-unsaturated/α-hetero) is 2. The van der Waals surface area contributed by atoms with Crippen LogP contribution in [0.2, 0.25) is 0 Å². The van der Waals surface area contributed by atoms with Crippen LogP contribution in [0, 0.1) is 6.92 Å². The SMILES string of the molecule is COc1oc2c(c1C)C(=O)C(=O)c1c-2ccc2c1CCCC2(C)C. The second-order valence-electron chi connectivity index (χ2n) is 7.33. The standard InChI is InChI=1S/C20H20O4/c1-10-14-16(21)17(22)15-11-6-5-9-20(2,3)13(11)8-7-12(15)18(14)24-19(10)23-4/h7-8H,5-6,9H2,1-4H3. The number of hydrogen-bond acceptors (Lipinski definition) is 4. The van der Waals surface area contributed by atoms with E-state index in [9.17, 15) is 9.59 Å². The average molecular weight is 324 g/mol.